The van der Waals surface area contributed by atoms with Crippen LogP contribution in [0.3, 0.4) is 0 Å². The van der Waals surface area contributed by atoms with Gasteiger partial charge in [0.05, 0.1) is 24.6 Å². The average molecular weight is 813 g/mol. The fraction of sp³-hybridized carbons (Fsp3) is 0.708. The van der Waals surface area contributed by atoms with Crippen LogP contribution >= 0.6 is 7.26 Å². The van der Waals surface area contributed by atoms with Crippen molar-refractivity contribution < 1.29 is 34.1 Å². The van der Waals surface area contributed by atoms with Crippen LogP contribution in [0.25, 0.3) is 0 Å². The second-order valence-electron chi connectivity index (χ2n) is 16.1. The van der Waals surface area contributed by atoms with E-state index in [0.29, 0.717) is 0 Å². The smallest absolute Gasteiger partial charge is 0.347 e. The molecule has 0 spiro atoms. The van der Waals surface area contributed by atoms with Gasteiger partial charge in [-0.3, -0.25) is 0 Å². The molecule has 2 unspecified atom stereocenters. The van der Waals surface area contributed by atoms with Crippen molar-refractivity contribution in [2.75, 3.05) is 24.6 Å². The molecule has 9 heteroatoms. The number of carbonyl (C=O) groups is 2. The van der Waals surface area contributed by atoms with E-state index in [9.17, 15) is 24.8 Å². The topological polar surface area (TPSA) is 116 Å². The van der Waals surface area contributed by atoms with Crippen molar-refractivity contribution in [1.29, 1.82) is 0 Å². The number of hydrogen-bond donors (Lipinski definition) is 2. The first-order valence-electron chi connectivity index (χ1n) is 23.1. The van der Waals surface area contributed by atoms with Crippen molar-refractivity contribution in [3.8, 4) is 0 Å². The summed E-state index contributed by atoms with van der Waals surface area (Å²) in [5.41, 5.74) is 0.502. The Morgan fingerprint density at radius 1 is 0.474 bits per heavy atom. The zero-order valence-electron chi connectivity index (χ0n) is 36.7. The molecular formula is C48H82BO7P. The maximum atomic E-state index is 11.9. The molecule has 0 fully saturated rings. The van der Waals surface area contributed by atoms with Gasteiger partial charge in [0.1, 0.15) is 0 Å². The summed E-state index contributed by atoms with van der Waals surface area (Å²) in [6.45, 7) is 9.41. The lowest BCUT2D eigenvalue weighted by Gasteiger charge is -2.28. The van der Waals surface area contributed by atoms with Crippen LogP contribution in [-0.4, -0.2) is 54.1 Å². The minimum absolute atomic E-state index is 0.251. The predicted octanol–water partition coefficient (Wildman–Crippen LogP) is 13.5. The molecule has 2 aromatic carbocycles. The van der Waals surface area contributed by atoms with Crippen LogP contribution in [0.1, 0.15) is 205 Å². The molecule has 0 aliphatic rings. The third kappa shape index (κ3) is 26.5. The Bertz CT molecular complexity index is 1130. The molecule has 0 amide bonds. The van der Waals surface area contributed by atoms with Crippen LogP contribution in [-0.2, 0) is 18.9 Å². The summed E-state index contributed by atoms with van der Waals surface area (Å²) in [4.78, 5) is 22.6. The molecule has 2 aromatic rings. The molecule has 0 bridgehead atoms. The molecule has 0 aromatic heterocycles. The molecule has 0 aliphatic heterocycles. The quantitative estimate of drug-likeness (QED) is 0.0400. The van der Waals surface area contributed by atoms with E-state index >= 15 is 0 Å². The summed E-state index contributed by atoms with van der Waals surface area (Å²) in [7, 11) is -2.98. The Hall–Kier alpha value is -2.25. The third-order valence-electron chi connectivity index (χ3n) is 11.1. The minimum Gasteiger partial charge on any atom is -0.832 e. The highest BCUT2D eigenvalue weighted by Gasteiger charge is 2.35. The fourth-order valence-electron chi connectivity index (χ4n) is 7.65. The highest BCUT2D eigenvalue weighted by atomic mass is 31.2. The molecule has 0 saturated heterocycles. The van der Waals surface area contributed by atoms with Gasteiger partial charge >= 0.3 is 19.3 Å². The molecule has 0 aliphatic carbocycles. The summed E-state index contributed by atoms with van der Waals surface area (Å²) in [5.74, 6) is -2.76. The Balaban J connectivity index is 0.000000596. The zero-order chi connectivity index (χ0) is 41.8. The van der Waals surface area contributed by atoms with Crippen LogP contribution < -0.4 is 5.02 Å². The predicted molar refractivity (Wildman–Crippen MR) is 241 cm³/mol. The van der Waals surface area contributed by atoms with E-state index in [1.807, 2.05) is 0 Å². The van der Waals surface area contributed by atoms with E-state index in [1.165, 1.54) is 153 Å². The van der Waals surface area contributed by atoms with Crippen molar-refractivity contribution in [2.24, 2.45) is 0 Å². The van der Waals surface area contributed by atoms with Crippen molar-refractivity contribution in [1.82, 2.24) is 0 Å². The van der Waals surface area contributed by atoms with Crippen molar-refractivity contribution in [3.05, 3.63) is 71.8 Å². The molecule has 2 rings (SSSR count). The van der Waals surface area contributed by atoms with E-state index < -0.39 is 38.7 Å². The van der Waals surface area contributed by atoms with Gasteiger partial charge in [-0.05, 0) is 62.5 Å². The molecule has 0 radical (unpaired) electrons. The molecule has 2 atom stereocenters. The standard InChI is InChI=1S/C32H68P.C16H14BO7/c1-5-9-13-17-18-19-20-21-22-23-24-28-32-33(29-25-14-10-6-2,30-26-15-11-7-3)31-27-16-12-8-4;18-15(19)13(11-7-3-1-4-8-11)23-17(22)24-14(16(20)21)12-9-5-2-6-10-12/h5-32H2,1-4H3;1-10,13-14H,(H,18,19)(H,20,21)/q+1;-1. The van der Waals surface area contributed by atoms with Crippen molar-refractivity contribution in [3.63, 3.8) is 0 Å². The summed E-state index contributed by atoms with van der Waals surface area (Å²) in [6, 6.07) is 15.7. The number of rotatable bonds is 36. The normalized spacial score (nSPS) is 12.4. The lowest BCUT2D eigenvalue weighted by Crippen LogP contribution is -2.42. The maximum absolute atomic E-state index is 11.9. The van der Waals surface area contributed by atoms with Crippen molar-refractivity contribution >= 4 is 26.5 Å². The van der Waals surface area contributed by atoms with Crippen LogP contribution in [0.2, 0.25) is 0 Å². The molecular weight excluding hydrogens is 730 g/mol. The SMILES string of the molecule is CCCCCCCCCCCCCC[P+](CCCCCC)(CCCCCC)CCCCCC.O=C(O)C(OB([O-])OC(C(=O)O)c1ccccc1)c1ccccc1. The van der Waals surface area contributed by atoms with Crippen molar-refractivity contribution in [2.45, 2.75) is 194 Å². The van der Waals surface area contributed by atoms with Gasteiger partial charge < -0.3 is 24.5 Å². The average Bonchev–Trinajstić information content (AvgIpc) is 3.22. The molecule has 57 heavy (non-hydrogen) atoms. The van der Waals surface area contributed by atoms with E-state index in [-0.39, 0.29) is 11.1 Å². The van der Waals surface area contributed by atoms with E-state index in [0.717, 1.165) is 0 Å². The highest BCUT2D eigenvalue weighted by Crippen LogP contribution is 2.61. The molecule has 0 heterocycles. The monoisotopic (exact) mass is 813 g/mol. The van der Waals surface area contributed by atoms with E-state index in [1.54, 1.807) is 86.7 Å². The van der Waals surface area contributed by atoms with Gasteiger partial charge in [-0.2, -0.15) is 0 Å². The summed E-state index contributed by atoms with van der Waals surface area (Å²) >= 11 is 0. The number of carboxylic acid groups (broad SMARTS) is 2. The Morgan fingerprint density at radius 2 is 0.719 bits per heavy atom. The van der Waals surface area contributed by atoms with Crippen LogP contribution in [0, 0.1) is 0 Å². The van der Waals surface area contributed by atoms with Gasteiger partial charge in [0.2, 0.25) is 0 Å². The first-order valence-corrected chi connectivity index (χ1v) is 25.6. The Kier molecular flexibility index (Phi) is 33.0. The van der Waals surface area contributed by atoms with E-state index in [4.69, 9.17) is 9.31 Å². The first kappa shape index (κ1) is 52.8. The first-order chi connectivity index (χ1) is 27.7. The van der Waals surface area contributed by atoms with Gasteiger partial charge in [0.15, 0.2) is 12.2 Å². The largest absolute Gasteiger partial charge is 0.832 e. The van der Waals surface area contributed by atoms with Crippen LogP contribution in [0.5, 0.6) is 0 Å². The van der Waals surface area contributed by atoms with Crippen LogP contribution in [0.4, 0.5) is 0 Å². The maximum Gasteiger partial charge on any atom is 0.347 e. The Labute approximate surface area is 350 Å². The molecule has 324 valence electrons. The van der Waals surface area contributed by atoms with Gasteiger partial charge in [-0.1, -0.05) is 191 Å². The zero-order valence-corrected chi connectivity index (χ0v) is 37.6. The second-order valence-corrected chi connectivity index (χ2v) is 20.6. The summed E-state index contributed by atoms with van der Waals surface area (Å²) < 4.78 is 9.72. The number of unbranched alkanes of at least 4 members (excludes halogenated alkanes) is 20. The highest BCUT2D eigenvalue weighted by molar-refractivity contribution is 7.75. The molecule has 2 N–H and O–H groups in total. The molecule has 0 saturated carbocycles. The number of aliphatic carboxylic acids is 2. The number of benzene rings is 2. The minimum atomic E-state index is -2.28. The van der Waals surface area contributed by atoms with Crippen LogP contribution in [0.15, 0.2) is 60.7 Å². The van der Waals surface area contributed by atoms with Gasteiger partial charge in [0.25, 0.3) is 0 Å². The third-order valence-corrected chi connectivity index (χ3v) is 16.2. The summed E-state index contributed by atoms with van der Waals surface area (Å²) in [6.07, 6.45) is 39.0. The molecule has 7 nitrogen and oxygen atoms in total. The lowest BCUT2D eigenvalue weighted by atomic mass is 10.1. The van der Waals surface area contributed by atoms with E-state index in [2.05, 4.69) is 27.7 Å². The Morgan fingerprint density at radius 3 is 0.982 bits per heavy atom. The number of carboxylic acids is 2. The van der Waals surface area contributed by atoms with Gasteiger partial charge in [-0.25, -0.2) is 9.59 Å². The lowest BCUT2D eigenvalue weighted by molar-refractivity contribution is -0.266. The number of hydrogen-bond acceptors (Lipinski definition) is 5. The second kappa shape index (κ2) is 35.7. The van der Waals surface area contributed by atoms with Gasteiger partial charge in [0, 0.05) is 7.26 Å². The summed E-state index contributed by atoms with van der Waals surface area (Å²) in [5, 5.41) is 30.3. The fourth-order valence-corrected chi connectivity index (χ4v) is 12.6. The van der Waals surface area contributed by atoms with Gasteiger partial charge in [-0.15, -0.1) is 0 Å².